The van der Waals surface area contributed by atoms with Gasteiger partial charge in [0.1, 0.15) is 17.4 Å². The van der Waals surface area contributed by atoms with Crippen molar-refractivity contribution in [2.24, 2.45) is 0 Å². The van der Waals surface area contributed by atoms with Gasteiger partial charge in [-0.1, -0.05) is 29.9 Å². The van der Waals surface area contributed by atoms with E-state index in [1.54, 1.807) is 24.3 Å². The predicted octanol–water partition coefficient (Wildman–Crippen LogP) is 3.34. The van der Waals surface area contributed by atoms with E-state index >= 15 is 0 Å². The third kappa shape index (κ3) is 3.28. The van der Waals surface area contributed by atoms with Crippen LogP contribution in [0.4, 0.5) is 0 Å². The van der Waals surface area contributed by atoms with E-state index < -0.39 is 0 Å². The van der Waals surface area contributed by atoms with Gasteiger partial charge in [0, 0.05) is 17.5 Å². The lowest BCUT2D eigenvalue weighted by atomic mass is 10.3. The molecule has 0 saturated heterocycles. The molecule has 0 spiro atoms. The summed E-state index contributed by atoms with van der Waals surface area (Å²) in [5.74, 6) is 0.683. The summed E-state index contributed by atoms with van der Waals surface area (Å²) in [4.78, 5) is 17.1. The van der Waals surface area contributed by atoms with Gasteiger partial charge in [-0.25, -0.2) is 4.98 Å². The summed E-state index contributed by atoms with van der Waals surface area (Å²) < 4.78 is 6.97. The summed E-state index contributed by atoms with van der Waals surface area (Å²) in [6, 6.07) is 8.52. The van der Waals surface area contributed by atoms with Crippen LogP contribution in [0.2, 0.25) is 5.02 Å². The monoisotopic (exact) mass is 335 g/mol. The van der Waals surface area contributed by atoms with Crippen molar-refractivity contribution in [2.45, 2.75) is 26.4 Å². The number of hydrogen-bond acceptors (Lipinski definition) is 5. The lowest BCUT2D eigenvalue weighted by molar-refractivity contribution is 0.301. The Morgan fingerprint density at radius 2 is 2.09 bits per heavy atom. The van der Waals surface area contributed by atoms with Crippen molar-refractivity contribution in [3.63, 3.8) is 0 Å². The van der Waals surface area contributed by atoms with Crippen molar-refractivity contribution in [3.8, 4) is 5.75 Å². The molecule has 0 atom stereocenters. The van der Waals surface area contributed by atoms with E-state index in [0.717, 1.165) is 17.8 Å². The van der Waals surface area contributed by atoms with Gasteiger partial charge in [0.25, 0.3) is 5.56 Å². The Labute approximate surface area is 136 Å². The maximum Gasteiger partial charge on any atom is 0.275 e. The van der Waals surface area contributed by atoms with Crippen LogP contribution in [0.5, 0.6) is 5.75 Å². The molecule has 7 heteroatoms. The molecule has 0 fully saturated rings. The zero-order chi connectivity index (χ0) is 15.5. The minimum atomic E-state index is -0.182. The van der Waals surface area contributed by atoms with Gasteiger partial charge in [-0.2, -0.15) is 9.61 Å². The molecule has 0 amide bonds. The van der Waals surface area contributed by atoms with E-state index in [9.17, 15) is 4.79 Å². The highest BCUT2D eigenvalue weighted by atomic mass is 35.5. The van der Waals surface area contributed by atoms with E-state index in [0.29, 0.717) is 21.4 Å². The molecule has 0 aliphatic heterocycles. The first-order valence-electron chi connectivity index (χ1n) is 6.93. The Morgan fingerprint density at radius 3 is 2.82 bits per heavy atom. The normalized spacial score (nSPS) is 11.0. The molecule has 1 aromatic carbocycles. The number of benzene rings is 1. The van der Waals surface area contributed by atoms with Crippen molar-refractivity contribution in [2.75, 3.05) is 0 Å². The molecule has 3 aromatic rings. The Morgan fingerprint density at radius 1 is 1.32 bits per heavy atom. The Balaban J connectivity index is 1.81. The van der Waals surface area contributed by atoms with Crippen molar-refractivity contribution < 1.29 is 4.74 Å². The van der Waals surface area contributed by atoms with E-state index in [-0.39, 0.29) is 12.2 Å². The highest BCUT2D eigenvalue weighted by Gasteiger charge is 2.09. The number of ether oxygens (including phenoxy) is 1. The summed E-state index contributed by atoms with van der Waals surface area (Å²) in [5, 5.41) is 5.85. The molecule has 3 rings (SSSR count). The number of rotatable bonds is 5. The highest BCUT2D eigenvalue weighted by Crippen LogP contribution is 2.17. The summed E-state index contributed by atoms with van der Waals surface area (Å²) >= 11 is 7.27. The van der Waals surface area contributed by atoms with Crippen molar-refractivity contribution in [1.29, 1.82) is 0 Å². The van der Waals surface area contributed by atoms with Gasteiger partial charge in [-0.3, -0.25) is 4.79 Å². The molecule has 0 N–H and O–H groups in total. The van der Waals surface area contributed by atoms with E-state index in [1.165, 1.54) is 21.9 Å². The molecule has 0 unspecified atom stereocenters. The predicted molar refractivity (Wildman–Crippen MR) is 86.9 cm³/mol. The third-order valence-corrected chi connectivity index (χ3v) is 4.22. The molecule has 2 aromatic heterocycles. The molecule has 2 heterocycles. The first-order valence-corrected chi connectivity index (χ1v) is 8.12. The molecule has 0 saturated carbocycles. The van der Waals surface area contributed by atoms with Crippen LogP contribution in [0.3, 0.4) is 0 Å². The zero-order valence-corrected chi connectivity index (χ0v) is 13.5. The van der Waals surface area contributed by atoms with Crippen LogP contribution in [0.1, 0.15) is 24.0 Å². The van der Waals surface area contributed by atoms with Crippen LogP contribution < -0.4 is 10.3 Å². The first-order chi connectivity index (χ1) is 10.7. The van der Waals surface area contributed by atoms with Gasteiger partial charge in [0.15, 0.2) is 0 Å². The van der Waals surface area contributed by atoms with Gasteiger partial charge >= 0.3 is 0 Å². The minimum absolute atomic E-state index is 0.182. The van der Waals surface area contributed by atoms with E-state index in [4.69, 9.17) is 16.3 Å². The Bertz CT molecular complexity index is 842. The van der Waals surface area contributed by atoms with Crippen molar-refractivity contribution >= 4 is 27.9 Å². The second-order valence-corrected chi connectivity index (χ2v) is 6.25. The third-order valence-electron chi connectivity index (χ3n) is 3.00. The molecule has 0 bridgehead atoms. The number of hydrogen-bond donors (Lipinski definition) is 0. The molecular formula is C15H14ClN3O2S. The van der Waals surface area contributed by atoms with Gasteiger partial charge in [-0.15, -0.1) is 0 Å². The van der Waals surface area contributed by atoms with Crippen LogP contribution in [-0.4, -0.2) is 14.6 Å². The van der Waals surface area contributed by atoms with Crippen LogP contribution in [-0.2, 0) is 13.0 Å². The average Bonchev–Trinajstić information content (AvgIpc) is 2.90. The van der Waals surface area contributed by atoms with Crippen LogP contribution in [0.15, 0.2) is 35.1 Å². The van der Waals surface area contributed by atoms with Gasteiger partial charge in [0.05, 0.1) is 5.69 Å². The quantitative estimate of drug-likeness (QED) is 0.717. The summed E-state index contributed by atoms with van der Waals surface area (Å²) in [6.45, 7) is 2.31. The number of fused-ring (bicyclic) bond motifs is 1. The van der Waals surface area contributed by atoms with Crippen molar-refractivity contribution in [3.05, 3.63) is 56.4 Å². The number of halogens is 1. The fourth-order valence-corrected chi connectivity index (χ4v) is 3.12. The molecule has 5 nitrogen and oxygen atoms in total. The molecule has 0 aliphatic carbocycles. The highest BCUT2D eigenvalue weighted by molar-refractivity contribution is 7.16. The zero-order valence-electron chi connectivity index (χ0n) is 12.0. The average molecular weight is 336 g/mol. The van der Waals surface area contributed by atoms with Crippen LogP contribution in [0.25, 0.3) is 4.96 Å². The lowest BCUT2D eigenvalue weighted by Crippen LogP contribution is -2.16. The summed E-state index contributed by atoms with van der Waals surface area (Å²) in [5.41, 5.74) is 0.407. The van der Waals surface area contributed by atoms with E-state index in [2.05, 4.69) is 17.0 Å². The van der Waals surface area contributed by atoms with Crippen molar-refractivity contribution in [1.82, 2.24) is 14.6 Å². The summed E-state index contributed by atoms with van der Waals surface area (Å²) in [6.07, 6.45) is 1.84. The molecule has 114 valence electrons. The molecule has 22 heavy (non-hydrogen) atoms. The lowest BCUT2D eigenvalue weighted by Gasteiger charge is -2.05. The standard InChI is InChI=1S/C15H14ClN3O2S/c1-2-3-13-18-19-14(20)8-11(17-15(19)22-13)9-21-12-6-4-10(16)5-7-12/h4-8H,2-3,9H2,1H3. The van der Waals surface area contributed by atoms with Crippen LogP contribution >= 0.6 is 22.9 Å². The van der Waals surface area contributed by atoms with Crippen LogP contribution in [0, 0.1) is 0 Å². The van der Waals surface area contributed by atoms with Gasteiger partial charge in [0.2, 0.25) is 4.96 Å². The minimum Gasteiger partial charge on any atom is -0.487 e. The maximum atomic E-state index is 12.1. The Hall–Kier alpha value is -1.92. The fourth-order valence-electron chi connectivity index (χ4n) is 1.97. The first kappa shape index (κ1) is 15.0. The molecular weight excluding hydrogens is 322 g/mol. The smallest absolute Gasteiger partial charge is 0.275 e. The molecule has 0 radical (unpaired) electrons. The molecule has 0 aliphatic rings. The van der Waals surface area contributed by atoms with Gasteiger partial charge in [-0.05, 0) is 30.7 Å². The number of aromatic nitrogens is 3. The summed E-state index contributed by atoms with van der Waals surface area (Å²) in [7, 11) is 0. The maximum absolute atomic E-state index is 12.1. The van der Waals surface area contributed by atoms with Gasteiger partial charge < -0.3 is 4.74 Å². The fraction of sp³-hybridized carbons (Fsp3) is 0.267. The Kier molecular flexibility index (Phi) is 4.40. The number of aryl methyl sites for hydroxylation is 1. The SMILES string of the molecule is CCCc1nn2c(=O)cc(COc3ccc(Cl)cc3)nc2s1. The largest absolute Gasteiger partial charge is 0.487 e. The second-order valence-electron chi connectivity index (χ2n) is 4.77. The second kappa shape index (κ2) is 6.46. The topological polar surface area (TPSA) is 56.5 Å². The van der Waals surface area contributed by atoms with E-state index in [1.807, 2.05) is 0 Å². The number of nitrogens with zero attached hydrogens (tertiary/aromatic N) is 3.